The number of pyridine rings is 2. The molecule has 0 spiro atoms. The van der Waals surface area contributed by atoms with Gasteiger partial charge in [-0.3, -0.25) is 15.2 Å². The summed E-state index contributed by atoms with van der Waals surface area (Å²) >= 11 is 0. The van der Waals surface area contributed by atoms with Gasteiger partial charge in [-0.05, 0) is 62.3 Å². The molecule has 1 amide bonds. The maximum atomic E-state index is 13.5. The molecule has 2 saturated heterocycles. The van der Waals surface area contributed by atoms with Crippen LogP contribution >= 0.6 is 0 Å². The van der Waals surface area contributed by atoms with Crippen molar-refractivity contribution >= 4 is 17.4 Å². The molecule has 0 aromatic carbocycles. The smallest absolute Gasteiger partial charge is 0.241 e. The van der Waals surface area contributed by atoms with E-state index in [1.807, 2.05) is 17.0 Å². The summed E-state index contributed by atoms with van der Waals surface area (Å²) in [4.78, 5) is 24.1. The van der Waals surface area contributed by atoms with E-state index < -0.39 is 0 Å². The first kappa shape index (κ1) is 20.3. The van der Waals surface area contributed by atoms with Crippen LogP contribution in [0.25, 0.3) is 0 Å². The molecule has 2 aromatic heterocycles. The lowest BCUT2D eigenvalue weighted by atomic mass is 9.76. The quantitative estimate of drug-likeness (QED) is 0.699. The summed E-state index contributed by atoms with van der Waals surface area (Å²) in [6, 6.07) is 7.10. The monoisotopic (exact) mass is 424 g/mol. The van der Waals surface area contributed by atoms with Gasteiger partial charge in [-0.2, -0.15) is 0 Å². The highest BCUT2D eigenvalue weighted by molar-refractivity contribution is 5.83. The highest BCUT2D eigenvalue weighted by Crippen LogP contribution is 2.37. The third-order valence-electron chi connectivity index (χ3n) is 6.94. The number of amides is 1. The van der Waals surface area contributed by atoms with E-state index in [0.29, 0.717) is 23.7 Å². The fourth-order valence-electron chi connectivity index (χ4n) is 5.31. The average molecular weight is 425 g/mol. The lowest BCUT2D eigenvalue weighted by molar-refractivity contribution is -0.135. The molecule has 5 rings (SSSR count). The number of nitrogens with zero attached hydrogens (tertiary/aromatic N) is 3. The molecule has 164 valence electrons. The number of hydrogen-bond donors (Lipinski definition) is 3. The van der Waals surface area contributed by atoms with Crippen molar-refractivity contribution in [3.05, 3.63) is 48.2 Å². The average Bonchev–Trinajstić information content (AvgIpc) is 3.43. The third-order valence-corrected chi connectivity index (χ3v) is 6.94. The minimum absolute atomic E-state index is 0.00681. The van der Waals surface area contributed by atoms with Crippen LogP contribution in [0.2, 0.25) is 0 Å². The number of halogens is 1. The van der Waals surface area contributed by atoms with Crippen LogP contribution < -0.4 is 16.2 Å². The van der Waals surface area contributed by atoms with Crippen molar-refractivity contribution in [2.75, 3.05) is 11.9 Å². The number of hydrazine groups is 1. The molecule has 8 heteroatoms. The van der Waals surface area contributed by atoms with E-state index in [9.17, 15) is 9.18 Å². The molecular weight excluding hydrogens is 395 g/mol. The van der Waals surface area contributed by atoms with E-state index in [-0.39, 0.29) is 23.8 Å². The summed E-state index contributed by atoms with van der Waals surface area (Å²) in [5.41, 5.74) is 8.36. The van der Waals surface area contributed by atoms with Crippen LogP contribution in [0.5, 0.6) is 0 Å². The van der Waals surface area contributed by atoms with E-state index in [4.69, 9.17) is 0 Å². The van der Waals surface area contributed by atoms with Crippen molar-refractivity contribution in [2.45, 2.75) is 57.2 Å². The summed E-state index contributed by atoms with van der Waals surface area (Å²) in [5, 5.41) is 3.12. The lowest BCUT2D eigenvalue weighted by Gasteiger charge is -2.33. The highest BCUT2D eigenvalue weighted by Gasteiger charge is 2.46. The van der Waals surface area contributed by atoms with Crippen LogP contribution in [-0.4, -0.2) is 39.4 Å². The Morgan fingerprint density at radius 2 is 2.03 bits per heavy atom. The number of hydrogen-bond acceptors (Lipinski definition) is 6. The van der Waals surface area contributed by atoms with Gasteiger partial charge in [0, 0.05) is 18.5 Å². The normalized spacial score (nSPS) is 30.3. The molecule has 2 aliphatic heterocycles. The van der Waals surface area contributed by atoms with Crippen molar-refractivity contribution in [3.63, 3.8) is 0 Å². The minimum Gasteiger partial charge on any atom is -0.339 e. The highest BCUT2D eigenvalue weighted by atomic mass is 19.1. The molecule has 2 aromatic rings. The van der Waals surface area contributed by atoms with Gasteiger partial charge in [-0.1, -0.05) is 6.92 Å². The molecule has 3 fully saturated rings. The van der Waals surface area contributed by atoms with Gasteiger partial charge < -0.3 is 10.2 Å². The molecule has 1 saturated carbocycles. The Hall–Kier alpha value is -2.58. The molecule has 3 aliphatic rings. The number of nitrogens with one attached hydrogen (secondary N) is 3. The van der Waals surface area contributed by atoms with Crippen molar-refractivity contribution in [2.24, 2.45) is 11.8 Å². The summed E-state index contributed by atoms with van der Waals surface area (Å²) in [5.74, 6) is 1.41. The van der Waals surface area contributed by atoms with Gasteiger partial charge in [0.1, 0.15) is 17.7 Å². The fourth-order valence-corrected chi connectivity index (χ4v) is 5.31. The van der Waals surface area contributed by atoms with Gasteiger partial charge in [0.15, 0.2) is 0 Å². The van der Waals surface area contributed by atoms with Crippen LogP contribution in [0, 0.1) is 17.7 Å². The molecule has 3 N–H and O–H groups in total. The molecule has 5 unspecified atom stereocenters. The molecule has 0 radical (unpaired) electrons. The summed E-state index contributed by atoms with van der Waals surface area (Å²) < 4.78 is 13.0. The number of rotatable bonds is 4. The Bertz CT molecular complexity index is 921. The van der Waals surface area contributed by atoms with E-state index in [1.54, 1.807) is 12.3 Å². The van der Waals surface area contributed by atoms with Gasteiger partial charge in [0.2, 0.25) is 5.91 Å². The second-order valence-corrected chi connectivity index (χ2v) is 9.10. The topological polar surface area (TPSA) is 82.2 Å². The van der Waals surface area contributed by atoms with Gasteiger partial charge in [0.05, 0.1) is 29.8 Å². The zero-order chi connectivity index (χ0) is 21.4. The van der Waals surface area contributed by atoms with Crippen LogP contribution in [0.3, 0.4) is 0 Å². The van der Waals surface area contributed by atoms with Gasteiger partial charge in [0.25, 0.3) is 0 Å². The lowest BCUT2D eigenvalue weighted by Crippen LogP contribution is -2.48. The maximum Gasteiger partial charge on any atom is 0.241 e. The molecule has 5 atom stereocenters. The molecule has 4 heterocycles. The second-order valence-electron chi connectivity index (χ2n) is 9.10. The van der Waals surface area contributed by atoms with Gasteiger partial charge in [-0.25, -0.2) is 14.8 Å². The molecule has 1 aliphatic carbocycles. The fraction of sp³-hybridized carbons (Fsp3) is 0.522. The second kappa shape index (κ2) is 8.51. The Balaban J connectivity index is 1.27. The largest absolute Gasteiger partial charge is 0.339 e. The van der Waals surface area contributed by atoms with E-state index >= 15 is 0 Å². The van der Waals surface area contributed by atoms with Crippen LogP contribution in [-0.2, 0) is 4.79 Å². The standard InChI is InChI=1S/C23H29FN6O/c1-14-4-7-18-17(11-14)22(29-28-18)23(31)30-10-2-3-20(30)19-8-6-16(13-25-19)27-21-9-5-15(24)12-26-21/h5-6,8-9,12-14,17-18,20,22,28-29H,2-4,7,10-11H2,1H3,(H,26,27). The Kier molecular flexibility index (Phi) is 5.58. The molecular formula is C23H29FN6O. The first-order chi connectivity index (χ1) is 15.1. The number of anilines is 2. The first-order valence-electron chi connectivity index (χ1n) is 11.2. The van der Waals surface area contributed by atoms with Crippen LogP contribution in [0.1, 0.15) is 50.8 Å². The van der Waals surface area contributed by atoms with Crippen molar-refractivity contribution in [1.29, 1.82) is 0 Å². The van der Waals surface area contributed by atoms with Crippen molar-refractivity contribution in [3.8, 4) is 0 Å². The SMILES string of the molecule is CC1CCC2NNC(C(=O)N3CCCC3c3ccc(Nc4ccc(F)cn4)cn3)C2C1. The number of aromatic nitrogens is 2. The number of carbonyl (C=O) groups is 1. The van der Waals surface area contributed by atoms with Gasteiger partial charge in [-0.15, -0.1) is 0 Å². The third kappa shape index (κ3) is 4.14. The minimum atomic E-state index is -0.369. The van der Waals surface area contributed by atoms with Crippen LogP contribution in [0.4, 0.5) is 15.9 Å². The zero-order valence-electron chi connectivity index (χ0n) is 17.7. The van der Waals surface area contributed by atoms with Crippen molar-refractivity contribution in [1.82, 2.24) is 25.7 Å². The summed E-state index contributed by atoms with van der Waals surface area (Å²) in [6.45, 7) is 3.06. The Morgan fingerprint density at radius 1 is 1.13 bits per heavy atom. The first-order valence-corrected chi connectivity index (χ1v) is 11.2. The van der Waals surface area contributed by atoms with Crippen molar-refractivity contribution < 1.29 is 9.18 Å². The number of carbonyl (C=O) groups excluding carboxylic acids is 1. The number of fused-ring (bicyclic) bond motifs is 1. The Labute approximate surface area is 181 Å². The van der Waals surface area contributed by atoms with Crippen LogP contribution in [0.15, 0.2) is 36.7 Å². The van der Waals surface area contributed by atoms with E-state index in [2.05, 4.69) is 33.1 Å². The maximum absolute atomic E-state index is 13.5. The zero-order valence-corrected chi connectivity index (χ0v) is 17.7. The molecule has 31 heavy (non-hydrogen) atoms. The summed E-state index contributed by atoms with van der Waals surface area (Å²) in [7, 11) is 0. The van der Waals surface area contributed by atoms with Gasteiger partial charge >= 0.3 is 0 Å². The van der Waals surface area contributed by atoms with E-state index in [0.717, 1.165) is 43.6 Å². The predicted octanol–water partition coefficient (Wildman–Crippen LogP) is 3.30. The molecule has 7 nitrogen and oxygen atoms in total. The number of likely N-dealkylation sites (tertiary alicyclic amines) is 1. The van der Waals surface area contributed by atoms with E-state index in [1.165, 1.54) is 18.7 Å². The molecule has 0 bridgehead atoms. The Morgan fingerprint density at radius 3 is 2.81 bits per heavy atom. The predicted molar refractivity (Wildman–Crippen MR) is 116 cm³/mol. The summed E-state index contributed by atoms with van der Waals surface area (Å²) in [6.07, 6.45) is 8.28.